The lowest BCUT2D eigenvalue weighted by molar-refractivity contribution is -0.384. The average molecular weight is 487 g/mol. The average Bonchev–Trinajstić information content (AvgIpc) is 3.14. The molecule has 2 heterocycles. The summed E-state index contributed by atoms with van der Waals surface area (Å²) < 4.78 is 4.98. The van der Waals surface area contributed by atoms with Gasteiger partial charge in [0.15, 0.2) is 0 Å². The monoisotopic (exact) mass is 487 g/mol. The molecule has 0 saturated carbocycles. The number of nitro groups is 1. The van der Waals surface area contributed by atoms with Gasteiger partial charge < -0.3 is 14.7 Å². The summed E-state index contributed by atoms with van der Waals surface area (Å²) in [6.07, 6.45) is 1.50. The van der Waals surface area contributed by atoms with Gasteiger partial charge in [0.05, 0.1) is 28.4 Å². The Balaban J connectivity index is 1.76. The normalized spacial score (nSPS) is 16.7. The number of esters is 1. The van der Waals surface area contributed by atoms with Crippen LogP contribution in [0.3, 0.4) is 0 Å². The van der Waals surface area contributed by atoms with E-state index in [0.29, 0.717) is 16.8 Å². The molecule has 1 N–H and O–H groups in total. The minimum atomic E-state index is -1.03. The lowest BCUT2D eigenvalue weighted by Gasteiger charge is -2.24. The van der Waals surface area contributed by atoms with E-state index < -0.39 is 34.4 Å². The van der Waals surface area contributed by atoms with Crippen molar-refractivity contribution in [1.29, 1.82) is 0 Å². The fourth-order valence-electron chi connectivity index (χ4n) is 3.97. The Bertz CT molecular complexity index is 1370. The number of nitrogens with zero attached hydrogens (tertiary/aromatic N) is 3. The Kier molecular flexibility index (Phi) is 6.86. The maximum Gasteiger partial charge on any atom is 0.338 e. The third-order valence-corrected chi connectivity index (χ3v) is 5.66. The first-order valence-corrected chi connectivity index (χ1v) is 11.0. The second-order valence-corrected chi connectivity index (χ2v) is 7.91. The minimum Gasteiger partial charge on any atom is -0.507 e. The summed E-state index contributed by atoms with van der Waals surface area (Å²) in [5, 5.41) is 22.3. The summed E-state index contributed by atoms with van der Waals surface area (Å²) in [4.78, 5) is 54.3. The number of aliphatic hydroxyl groups is 1. The second-order valence-electron chi connectivity index (χ2n) is 7.91. The topological polar surface area (TPSA) is 140 Å². The van der Waals surface area contributed by atoms with E-state index in [0.717, 1.165) is 6.07 Å². The number of likely N-dealkylation sites (tertiary alicyclic amines) is 1. The number of benzene rings is 2. The molecule has 1 saturated heterocycles. The molecule has 0 spiro atoms. The van der Waals surface area contributed by atoms with Crippen molar-refractivity contribution in [2.75, 3.05) is 6.61 Å². The summed E-state index contributed by atoms with van der Waals surface area (Å²) >= 11 is 0. The first-order valence-electron chi connectivity index (χ1n) is 11.0. The number of hydrogen-bond acceptors (Lipinski definition) is 8. The van der Waals surface area contributed by atoms with E-state index in [1.807, 2.05) is 0 Å². The van der Waals surface area contributed by atoms with Crippen LogP contribution in [0.5, 0.6) is 0 Å². The molecule has 1 aromatic heterocycles. The van der Waals surface area contributed by atoms with Gasteiger partial charge in [0, 0.05) is 30.4 Å². The maximum atomic E-state index is 13.1. The van der Waals surface area contributed by atoms with Crippen LogP contribution in [-0.2, 0) is 20.9 Å². The Hall–Kier alpha value is -4.86. The zero-order chi connectivity index (χ0) is 25.8. The summed E-state index contributed by atoms with van der Waals surface area (Å²) in [5.41, 5.74) is 0.844. The van der Waals surface area contributed by atoms with Crippen LogP contribution >= 0.6 is 0 Å². The van der Waals surface area contributed by atoms with Crippen molar-refractivity contribution < 1.29 is 29.2 Å². The SMILES string of the molecule is CCOC(=O)c1ccc(CN2C(=O)C(=O)/C(=C(\O)c3cccc([N+](=O)[O-])c3)C2c2ccccn2)cc1. The highest BCUT2D eigenvalue weighted by Crippen LogP contribution is 2.39. The third-order valence-electron chi connectivity index (χ3n) is 5.66. The highest BCUT2D eigenvalue weighted by molar-refractivity contribution is 6.46. The Morgan fingerprint density at radius 2 is 1.83 bits per heavy atom. The number of amides is 1. The van der Waals surface area contributed by atoms with E-state index in [-0.39, 0.29) is 30.0 Å². The molecular formula is C26H21N3O7. The number of nitro benzene ring substituents is 1. The van der Waals surface area contributed by atoms with Gasteiger partial charge in [-0.2, -0.15) is 0 Å². The molecule has 1 aliphatic rings. The molecule has 1 amide bonds. The molecule has 182 valence electrons. The number of hydrogen-bond donors (Lipinski definition) is 1. The van der Waals surface area contributed by atoms with Gasteiger partial charge in [-0.3, -0.25) is 24.7 Å². The molecule has 1 unspecified atom stereocenters. The lowest BCUT2D eigenvalue weighted by Crippen LogP contribution is -2.29. The molecule has 1 fully saturated rings. The van der Waals surface area contributed by atoms with Gasteiger partial charge in [0.25, 0.3) is 17.4 Å². The number of ether oxygens (including phenoxy) is 1. The van der Waals surface area contributed by atoms with Crippen LogP contribution in [0, 0.1) is 10.1 Å². The van der Waals surface area contributed by atoms with Crippen molar-refractivity contribution in [2.45, 2.75) is 19.5 Å². The van der Waals surface area contributed by atoms with Crippen molar-refractivity contribution in [3.63, 3.8) is 0 Å². The van der Waals surface area contributed by atoms with Crippen LogP contribution in [0.2, 0.25) is 0 Å². The molecule has 0 bridgehead atoms. The van der Waals surface area contributed by atoms with E-state index in [4.69, 9.17) is 4.74 Å². The van der Waals surface area contributed by atoms with Crippen LogP contribution in [0.25, 0.3) is 5.76 Å². The fourth-order valence-corrected chi connectivity index (χ4v) is 3.97. The predicted molar refractivity (Wildman–Crippen MR) is 128 cm³/mol. The number of ketones is 1. The van der Waals surface area contributed by atoms with E-state index in [1.54, 1.807) is 49.4 Å². The summed E-state index contributed by atoms with van der Waals surface area (Å²) in [6.45, 7) is 1.93. The second kappa shape index (κ2) is 10.2. The number of rotatable bonds is 7. The minimum absolute atomic E-state index is 0.0133. The molecule has 4 rings (SSSR count). The standard InChI is InChI=1S/C26H21N3O7/c1-2-36-26(33)17-11-9-16(10-12-17)15-28-22(20-8-3-4-13-27-20)21(24(31)25(28)32)23(30)18-6-5-7-19(14-18)29(34)35/h3-14,22,30H,2,15H2,1H3/b23-21-. The van der Waals surface area contributed by atoms with E-state index >= 15 is 0 Å². The van der Waals surface area contributed by atoms with Crippen molar-refractivity contribution in [2.24, 2.45) is 0 Å². The van der Waals surface area contributed by atoms with E-state index in [1.165, 1.54) is 29.3 Å². The Morgan fingerprint density at radius 3 is 2.47 bits per heavy atom. The van der Waals surface area contributed by atoms with Crippen LogP contribution in [0.15, 0.2) is 78.5 Å². The number of aliphatic hydroxyl groups excluding tert-OH is 1. The van der Waals surface area contributed by atoms with Gasteiger partial charge in [-0.25, -0.2) is 4.79 Å². The highest BCUT2D eigenvalue weighted by atomic mass is 16.6. The maximum absolute atomic E-state index is 13.1. The van der Waals surface area contributed by atoms with Crippen LogP contribution in [0.4, 0.5) is 5.69 Å². The third kappa shape index (κ3) is 4.69. The van der Waals surface area contributed by atoms with Crippen molar-refractivity contribution in [3.8, 4) is 0 Å². The summed E-state index contributed by atoms with van der Waals surface area (Å²) in [6, 6.07) is 15.5. The molecule has 10 heteroatoms. The van der Waals surface area contributed by atoms with Crippen molar-refractivity contribution in [1.82, 2.24) is 9.88 Å². The zero-order valence-corrected chi connectivity index (χ0v) is 19.2. The first-order chi connectivity index (χ1) is 17.3. The predicted octanol–water partition coefficient (Wildman–Crippen LogP) is 3.79. The van der Waals surface area contributed by atoms with Gasteiger partial charge in [-0.1, -0.05) is 30.3 Å². The molecule has 36 heavy (non-hydrogen) atoms. The molecule has 0 aliphatic carbocycles. The van der Waals surface area contributed by atoms with Gasteiger partial charge in [-0.15, -0.1) is 0 Å². The van der Waals surface area contributed by atoms with Crippen molar-refractivity contribution in [3.05, 3.63) is 111 Å². The molecular weight excluding hydrogens is 466 g/mol. The smallest absolute Gasteiger partial charge is 0.338 e. The summed E-state index contributed by atoms with van der Waals surface area (Å²) in [5.74, 6) is -2.80. The van der Waals surface area contributed by atoms with Crippen LogP contribution in [0.1, 0.15) is 40.1 Å². The van der Waals surface area contributed by atoms with E-state index in [9.17, 15) is 29.6 Å². The van der Waals surface area contributed by atoms with Gasteiger partial charge in [0.1, 0.15) is 11.8 Å². The molecule has 0 radical (unpaired) electrons. The Labute approximate surface area is 205 Å². The molecule has 2 aromatic carbocycles. The largest absolute Gasteiger partial charge is 0.507 e. The van der Waals surface area contributed by atoms with Gasteiger partial charge >= 0.3 is 5.97 Å². The molecule has 10 nitrogen and oxygen atoms in total. The quantitative estimate of drug-likeness (QED) is 0.133. The number of non-ortho nitro benzene ring substituents is 1. The number of aromatic nitrogens is 1. The fraction of sp³-hybridized carbons (Fsp3) is 0.154. The number of Topliss-reactive ketones (excluding diaryl/α,β-unsaturated/α-hetero) is 1. The molecule has 1 atom stereocenters. The Morgan fingerprint density at radius 1 is 1.08 bits per heavy atom. The highest BCUT2D eigenvalue weighted by Gasteiger charge is 2.46. The number of carbonyl (C=O) groups excluding carboxylic acids is 3. The summed E-state index contributed by atoms with van der Waals surface area (Å²) in [7, 11) is 0. The van der Waals surface area contributed by atoms with Crippen LogP contribution < -0.4 is 0 Å². The van der Waals surface area contributed by atoms with Gasteiger partial charge in [0.2, 0.25) is 0 Å². The van der Waals surface area contributed by atoms with Gasteiger partial charge in [-0.05, 0) is 36.8 Å². The number of pyridine rings is 1. The lowest BCUT2D eigenvalue weighted by atomic mass is 9.98. The molecule has 3 aromatic rings. The first kappa shape index (κ1) is 24.3. The molecule has 1 aliphatic heterocycles. The zero-order valence-electron chi connectivity index (χ0n) is 19.2. The van der Waals surface area contributed by atoms with E-state index in [2.05, 4.69) is 4.98 Å². The number of carbonyl (C=O) groups is 3. The van der Waals surface area contributed by atoms with Crippen molar-refractivity contribution >= 4 is 29.1 Å². The van der Waals surface area contributed by atoms with Crippen LogP contribution in [-0.4, -0.2) is 44.2 Å².